The van der Waals surface area contributed by atoms with Gasteiger partial charge in [0.25, 0.3) is 0 Å². The summed E-state index contributed by atoms with van der Waals surface area (Å²) >= 11 is 0. The van der Waals surface area contributed by atoms with Gasteiger partial charge in [0, 0.05) is 33.4 Å². The summed E-state index contributed by atoms with van der Waals surface area (Å²) in [4.78, 5) is 0. The molecule has 0 saturated heterocycles. The Labute approximate surface area is 90.0 Å². The molecule has 0 radical (unpaired) electrons. The lowest BCUT2D eigenvalue weighted by Crippen LogP contribution is -2.15. The molecule has 0 aliphatic heterocycles. The van der Waals surface area contributed by atoms with Crippen LogP contribution in [0.25, 0.3) is 0 Å². The van der Waals surface area contributed by atoms with E-state index >= 15 is 0 Å². The first-order valence-corrected chi connectivity index (χ1v) is 4.72. The zero-order valence-corrected chi connectivity index (χ0v) is 9.30. The summed E-state index contributed by atoms with van der Waals surface area (Å²) in [5.41, 5.74) is 1.92. The number of hydrogen-bond acceptors (Lipinski definition) is 4. The van der Waals surface area contributed by atoms with Crippen LogP contribution in [0, 0.1) is 0 Å². The Hall–Kier alpha value is -0.940. The van der Waals surface area contributed by atoms with Gasteiger partial charge in [0.2, 0.25) is 0 Å². The molecule has 84 valence electrons. The van der Waals surface area contributed by atoms with Gasteiger partial charge in [-0.1, -0.05) is 24.3 Å². The molecule has 4 nitrogen and oxygen atoms in total. The Balaban J connectivity index is 2.94. The van der Waals surface area contributed by atoms with Crippen LogP contribution in [0.1, 0.15) is 17.4 Å². The summed E-state index contributed by atoms with van der Waals surface area (Å²) in [7, 11) is 4.78. The molecule has 0 aliphatic rings. The predicted octanol–water partition coefficient (Wildman–Crippen LogP) is 1.80. The molecular weight excluding hydrogens is 194 g/mol. The number of hydroxylamine groups is 2. The van der Waals surface area contributed by atoms with E-state index in [-0.39, 0.29) is 6.29 Å². The van der Waals surface area contributed by atoms with Gasteiger partial charge in [0.05, 0.1) is 0 Å². The average Bonchev–Trinajstić information content (AvgIpc) is 2.21. The van der Waals surface area contributed by atoms with Gasteiger partial charge >= 0.3 is 0 Å². The second-order valence-corrected chi connectivity index (χ2v) is 3.32. The molecule has 4 heteroatoms. The van der Waals surface area contributed by atoms with Gasteiger partial charge in [0.1, 0.15) is 0 Å². The van der Waals surface area contributed by atoms with E-state index in [0.29, 0.717) is 6.54 Å². The van der Waals surface area contributed by atoms with Crippen LogP contribution in [0.4, 0.5) is 0 Å². The third kappa shape index (κ3) is 3.28. The van der Waals surface area contributed by atoms with Crippen LogP contribution in [0.15, 0.2) is 24.3 Å². The minimum Gasteiger partial charge on any atom is -0.352 e. The molecule has 0 bridgehead atoms. The zero-order valence-electron chi connectivity index (χ0n) is 9.30. The molecule has 0 fully saturated rings. The molecule has 1 N–H and O–H groups in total. The van der Waals surface area contributed by atoms with Crippen LogP contribution in [0.3, 0.4) is 0 Å². The molecular formula is C11H17NO3. The first kappa shape index (κ1) is 12.1. The van der Waals surface area contributed by atoms with Crippen LogP contribution in [0.2, 0.25) is 0 Å². The van der Waals surface area contributed by atoms with Gasteiger partial charge in [-0.2, -0.15) is 5.06 Å². The van der Waals surface area contributed by atoms with E-state index in [9.17, 15) is 5.21 Å². The van der Waals surface area contributed by atoms with Crippen LogP contribution in [0.5, 0.6) is 0 Å². The topological polar surface area (TPSA) is 41.9 Å². The van der Waals surface area contributed by atoms with Gasteiger partial charge in [-0.05, 0) is 5.56 Å². The predicted molar refractivity (Wildman–Crippen MR) is 56.5 cm³/mol. The van der Waals surface area contributed by atoms with E-state index in [0.717, 1.165) is 16.2 Å². The molecule has 0 atom stereocenters. The van der Waals surface area contributed by atoms with Crippen molar-refractivity contribution in [2.45, 2.75) is 12.8 Å². The second kappa shape index (κ2) is 5.82. The smallest absolute Gasteiger partial charge is 0.183 e. The SMILES string of the molecule is COC(OC)c1ccccc1CN(C)O. The summed E-state index contributed by atoms with van der Waals surface area (Å²) in [5, 5.41) is 10.3. The third-order valence-electron chi connectivity index (χ3n) is 2.14. The largest absolute Gasteiger partial charge is 0.352 e. The van der Waals surface area contributed by atoms with Crippen molar-refractivity contribution in [1.29, 1.82) is 0 Å². The maximum Gasteiger partial charge on any atom is 0.183 e. The van der Waals surface area contributed by atoms with Gasteiger partial charge in [-0.15, -0.1) is 0 Å². The first-order chi connectivity index (χ1) is 7.19. The number of benzene rings is 1. The highest BCUT2D eigenvalue weighted by molar-refractivity contribution is 5.28. The maximum absolute atomic E-state index is 9.21. The van der Waals surface area contributed by atoms with Crippen LogP contribution < -0.4 is 0 Å². The van der Waals surface area contributed by atoms with Crippen molar-refractivity contribution in [2.75, 3.05) is 21.3 Å². The lowest BCUT2D eigenvalue weighted by Gasteiger charge is -2.18. The molecule has 0 unspecified atom stereocenters. The molecule has 1 aromatic rings. The minimum absolute atomic E-state index is 0.388. The van der Waals surface area contributed by atoms with Crippen molar-refractivity contribution in [1.82, 2.24) is 5.06 Å². The van der Waals surface area contributed by atoms with E-state index < -0.39 is 0 Å². The van der Waals surface area contributed by atoms with Crippen molar-refractivity contribution in [3.63, 3.8) is 0 Å². The number of nitrogens with zero attached hydrogens (tertiary/aromatic N) is 1. The monoisotopic (exact) mass is 211 g/mol. The van der Waals surface area contributed by atoms with Gasteiger partial charge in [0.15, 0.2) is 6.29 Å². The van der Waals surface area contributed by atoms with E-state index in [1.807, 2.05) is 24.3 Å². The van der Waals surface area contributed by atoms with E-state index in [2.05, 4.69) is 0 Å². The average molecular weight is 211 g/mol. The molecule has 0 aromatic heterocycles. The Morgan fingerprint density at radius 2 is 1.87 bits per heavy atom. The standard InChI is InChI=1S/C11H17NO3/c1-12(13)8-9-6-4-5-7-10(9)11(14-2)15-3/h4-7,11,13H,8H2,1-3H3. The lowest BCUT2D eigenvalue weighted by atomic mass is 10.1. The normalized spacial score (nSPS) is 11.3. The highest BCUT2D eigenvalue weighted by Gasteiger charge is 2.13. The van der Waals surface area contributed by atoms with Crippen molar-refractivity contribution in [3.05, 3.63) is 35.4 Å². The number of ether oxygens (including phenoxy) is 2. The van der Waals surface area contributed by atoms with E-state index in [1.54, 1.807) is 21.3 Å². The molecule has 15 heavy (non-hydrogen) atoms. The minimum atomic E-state index is -0.388. The fraction of sp³-hybridized carbons (Fsp3) is 0.455. The Kier molecular flexibility index (Phi) is 4.71. The Morgan fingerprint density at radius 1 is 1.27 bits per heavy atom. The van der Waals surface area contributed by atoms with Crippen molar-refractivity contribution in [2.24, 2.45) is 0 Å². The number of rotatable bonds is 5. The number of methoxy groups -OCH3 is 2. The summed E-state index contributed by atoms with van der Waals surface area (Å²) < 4.78 is 10.4. The Morgan fingerprint density at radius 3 is 2.40 bits per heavy atom. The van der Waals surface area contributed by atoms with Gasteiger partial charge in [-0.3, -0.25) is 0 Å². The molecule has 0 spiro atoms. The quantitative estimate of drug-likeness (QED) is 0.595. The molecule has 0 heterocycles. The number of hydrogen-bond donors (Lipinski definition) is 1. The molecule has 0 saturated carbocycles. The summed E-state index contributed by atoms with van der Waals surface area (Å²) in [6.45, 7) is 0.444. The first-order valence-electron chi connectivity index (χ1n) is 4.72. The van der Waals surface area contributed by atoms with Crippen molar-refractivity contribution in [3.8, 4) is 0 Å². The summed E-state index contributed by atoms with van der Waals surface area (Å²) in [6, 6.07) is 7.70. The third-order valence-corrected chi connectivity index (χ3v) is 2.14. The summed E-state index contributed by atoms with van der Waals surface area (Å²) in [5.74, 6) is 0. The fourth-order valence-electron chi connectivity index (χ4n) is 1.50. The second-order valence-electron chi connectivity index (χ2n) is 3.32. The van der Waals surface area contributed by atoms with Crippen LogP contribution in [-0.2, 0) is 16.0 Å². The van der Waals surface area contributed by atoms with E-state index in [1.165, 1.54) is 0 Å². The molecule has 0 aliphatic carbocycles. The fourth-order valence-corrected chi connectivity index (χ4v) is 1.50. The highest BCUT2D eigenvalue weighted by Crippen LogP contribution is 2.22. The zero-order chi connectivity index (χ0) is 11.3. The Bertz CT molecular complexity index is 298. The van der Waals surface area contributed by atoms with E-state index in [4.69, 9.17) is 9.47 Å². The van der Waals surface area contributed by atoms with Crippen LogP contribution >= 0.6 is 0 Å². The highest BCUT2D eigenvalue weighted by atomic mass is 16.7. The van der Waals surface area contributed by atoms with Crippen LogP contribution in [-0.4, -0.2) is 31.5 Å². The molecule has 1 aromatic carbocycles. The maximum atomic E-state index is 9.21. The van der Waals surface area contributed by atoms with Gasteiger partial charge < -0.3 is 14.7 Å². The van der Waals surface area contributed by atoms with Crippen molar-refractivity contribution >= 4 is 0 Å². The van der Waals surface area contributed by atoms with Crippen molar-refractivity contribution < 1.29 is 14.7 Å². The lowest BCUT2D eigenvalue weighted by molar-refractivity contribution is -0.109. The van der Waals surface area contributed by atoms with Gasteiger partial charge in [-0.25, -0.2) is 0 Å². The summed E-state index contributed by atoms with van der Waals surface area (Å²) in [6.07, 6.45) is -0.388. The molecule has 1 rings (SSSR count). The molecule has 0 amide bonds.